The molecule has 0 aromatic rings. The van der Waals surface area contributed by atoms with Gasteiger partial charge < -0.3 is 5.11 Å². The van der Waals surface area contributed by atoms with Crippen LogP contribution in [0.4, 0.5) is 4.79 Å². The van der Waals surface area contributed by atoms with E-state index in [4.69, 9.17) is 5.11 Å². The first kappa shape index (κ1) is 8.23. The highest BCUT2D eigenvalue weighted by Crippen LogP contribution is 1.84. The molecule has 0 aromatic carbocycles. The number of carboxylic acid groups (broad SMARTS) is 1. The molecule has 4 heteroatoms. The number of amides is 1. The third-order valence-corrected chi connectivity index (χ3v) is 0.759. The Morgan fingerprint density at radius 3 is 2.89 bits per heavy atom. The number of nitrogens with one attached hydrogen (secondary N) is 1. The maximum atomic E-state index is 9.73. The lowest BCUT2D eigenvalue weighted by Gasteiger charge is -1.98. The first-order chi connectivity index (χ1) is 4.27. The molecule has 54 valence electrons. The standard InChI is InChI=1S/C5H11NO3/c1-2-3-4-9-6-5(7)8/h6H,2-4H2,1H3,(H,7,8). The molecule has 0 unspecified atom stereocenters. The van der Waals surface area contributed by atoms with Crippen molar-refractivity contribution in [3.05, 3.63) is 0 Å². The van der Waals surface area contributed by atoms with E-state index in [9.17, 15) is 4.79 Å². The molecule has 9 heavy (non-hydrogen) atoms. The van der Waals surface area contributed by atoms with E-state index < -0.39 is 6.09 Å². The van der Waals surface area contributed by atoms with Crippen LogP contribution < -0.4 is 5.48 Å². The van der Waals surface area contributed by atoms with E-state index in [1.54, 1.807) is 5.48 Å². The molecule has 2 N–H and O–H groups in total. The summed E-state index contributed by atoms with van der Waals surface area (Å²) in [5, 5.41) is 7.98. The van der Waals surface area contributed by atoms with Crippen molar-refractivity contribution in [2.45, 2.75) is 19.8 Å². The molecule has 0 heterocycles. The van der Waals surface area contributed by atoms with E-state index in [1.165, 1.54) is 0 Å². The van der Waals surface area contributed by atoms with Crippen LogP contribution in [0.1, 0.15) is 19.8 Å². The van der Waals surface area contributed by atoms with Crippen LogP contribution >= 0.6 is 0 Å². The van der Waals surface area contributed by atoms with Crippen LogP contribution in [-0.2, 0) is 4.84 Å². The van der Waals surface area contributed by atoms with Crippen molar-refractivity contribution in [2.75, 3.05) is 6.61 Å². The highest BCUT2D eigenvalue weighted by molar-refractivity contribution is 5.62. The van der Waals surface area contributed by atoms with Gasteiger partial charge in [-0.25, -0.2) is 4.79 Å². The Hall–Kier alpha value is -0.770. The monoisotopic (exact) mass is 133 g/mol. The number of carbonyl (C=O) groups is 1. The average molecular weight is 133 g/mol. The molecule has 0 spiro atoms. The molecule has 4 nitrogen and oxygen atoms in total. The third kappa shape index (κ3) is 7.23. The Kier molecular flexibility index (Phi) is 4.91. The summed E-state index contributed by atoms with van der Waals surface area (Å²) in [5.41, 5.74) is 1.80. The van der Waals surface area contributed by atoms with Crippen molar-refractivity contribution in [2.24, 2.45) is 0 Å². The Bertz CT molecular complexity index is 84.3. The minimum absolute atomic E-state index is 0.447. The van der Waals surface area contributed by atoms with E-state index in [0.29, 0.717) is 6.61 Å². The number of hydrogen-bond acceptors (Lipinski definition) is 2. The molecule has 0 aliphatic heterocycles. The summed E-state index contributed by atoms with van der Waals surface area (Å²) in [5.74, 6) is 0. The quantitative estimate of drug-likeness (QED) is 0.444. The summed E-state index contributed by atoms with van der Waals surface area (Å²) < 4.78 is 0. The fraction of sp³-hybridized carbons (Fsp3) is 0.800. The molecular formula is C5H11NO3. The number of hydroxylamine groups is 1. The van der Waals surface area contributed by atoms with Gasteiger partial charge in [-0.2, -0.15) is 5.48 Å². The summed E-state index contributed by atoms with van der Waals surface area (Å²) in [4.78, 5) is 14.2. The number of unbranched alkanes of at least 4 members (excludes halogenated alkanes) is 1. The van der Waals surface area contributed by atoms with Gasteiger partial charge in [-0.1, -0.05) is 13.3 Å². The van der Waals surface area contributed by atoms with Crippen LogP contribution in [0.3, 0.4) is 0 Å². The van der Waals surface area contributed by atoms with E-state index in [2.05, 4.69) is 4.84 Å². The predicted octanol–water partition coefficient (Wildman–Crippen LogP) is 0.986. The molecular weight excluding hydrogens is 122 g/mol. The fourth-order valence-corrected chi connectivity index (χ4v) is 0.329. The van der Waals surface area contributed by atoms with Crippen molar-refractivity contribution in [1.82, 2.24) is 5.48 Å². The summed E-state index contributed by atoms with van der Waals surface area (Å²) in [7, 11) is 0. The molecule has 1 amide bonds. The lowest BCUT2D eigenvalue weighted by molar-refractivity contribution is 0.0407. The van der Waals surface area contributed by atoms with Gasteiger partial charge in [0, 0.05) is 0 Å². The van der Waals surface area contributed by atoms with E-state index in [0.717, 1.165) is 12.8 Å². The fourth-order valence-electron chi connectivity index (χ4n) is 0.329. The van der Waals surface area contributed by atoms with E-state index >= 15 is 0 Å². The van der Waals surface area contributed by atoms with Crippen LogP contribution in [0.15, 0.2) is 0 Å². The topological polar surface area (TPSA) is 58.6 Å². The van der Waals surface area contributed by atoms with Crippen LogP contribution in [0, 0.1) is 0 Å². The van der Waals surface area contributed by atoms with Gasteiger partial charge in [0.1, 0.15) is 0 Å². The zero-order valence-electron chi connectivity index (χ0n) is 5.39. The smallest absolute Gasteiger partial charge is 0.428 e. The molecule has 0 radical (unpaired) electrons. The molecule has 0 aliphatic rings. The summed E-state index contributed by atoms with van der Waals surface area (Å²) in [6.45, 7) is 2.45. The average Bonchev–Trinajstić information content (AvgIpc) is 1.80. The lowest BCUT2D eigenvalue weighted by Crippen LogP contribution is -2.21. The molecule has 0 saturated heterocycles. The number of rotatable bonds is 4. The van der Waals surface area contributed by atoms with Crippen molar-refractivity contribution in [3.63, 3.8) is 0 Å². The molecule has 0 atom stereocenters. The van der Waals surface area contributed by atoms with Crippen molar-refractivity contribution in [3.8, 4) is 0 Å². The lowest BCUT2D eigenvalue weighted by atomic mass is 10.4. The normalized spacial score (nSPS) is 9.00. The summed E-state index contributed by atoms with van der Waals surface area (Å²) in [6.07, 6.45) is 0.729. The van der Waals surface area contributed by atoms with Gasteiger partial charge in [0.2, 0.25) is 0 Å². The largest absolute Gasteiger partial charge is 0.464 e. The predicted molar refractivity (Wildman–Crippen MR) is 32.0 cm³/mol. The summed E-state index contributed by atoms with van der Waals surface area (Å²) >= 11 is 0. The molecule has 0 aliphatic carbocycles. The SMILES string of the molecule is CCCCONC(=O)O. The second kappa shape index (κ2) is 5.37. The van der Waals surface area contributed by atoms with Gasteiger partial charge in [-0.15, -0.1) is 0 Å². The van der Waals surface area contributed by atoms with Gasteiger partial charge in [0.05, 0.1) is 6.61 Å². The maximum absolute atomic E-state index is 9.73. The minimum Gasteiger partial charge on any atom is -0.464 e. The first-order valence-corrected chi connectivity index (χ1v) is 2.88. The third-order valence-electron chi connectivity index (χ3n) is 0.759. The van der Waals surface area contributed by atoms with E-state index in [1.807, 2.05) is 6.92 Å². The van der Waals surface area contributed by atoms with Crippen molar-refractivity contribution in [1.29, 1.82) is 0 Å². The number of hydrogen-bond donors (Lipinski definition) is 2. The Morgan fingerprint density at radius 1 is 1.78 bits per heavy atom. The van der Waals surface area contributed by atoms with E-state index in [-0.39, 0.29) is 0 Å². The highest BCUT2D eigenvalue weighted by atomic mass is 16.7. The first-order valence-electron chi connectivity index (χ1n) is 2.88. The zero-order chi connectivity index (χ0) is 7.11. The molecule has 0 fully saturated rings. The van der Waals surface area contributed by atoms with Crippen LogP contribution in [-0.4, -0.2) is 17.8 Å². The van der Waals surface area contributed by atoms with Gasteiger partial charge >= 0.3 is 6.09 Å². The zero-order valence-corrected chi connectivity index (χ0v) is 5.39. The van der Waals surface area contributed by atoms with Gasteiger partial charge in [0.15, 0.2) is 0 Å². The van der Waals surface area contributed by atoms with Gasteiger partial charge in [-0.3, -0.25) is 4.84 Å². The Balaban J connectivity index is 2.83. The van der Waals surface area contributed by atoms with Crippen molar-refractivity contribution >= 4 is 6.09 Å². The van der Waals surface area contributed by atoms with Crippen LogP contribution in [0.25, 0.3) is 0 Å². The minimum atomic E-state index is -1.15. The molecule has 0 bridgehead atoms. The molecule has 0 aromatic heterocycles. The molecule has 0 rings (SSSR count). The summed E-state index contributed by atoms with van der Waals surface area (Å²) in [6, 6.07) is 0. The Labute approximate surface area is 53.8 Å². The highest BCUT2D eigenvalue weighted by Gasteiger charge is 1.90. The van der Waals surface area contributed by atoms with Gasteiger partial charge in [0.25, 0.3) is 0 Å². The maximum Gasteiger partial charge on any atom is 0.428 e. The van der Waals surface area contributed by atoms with Gasteiger partial charge in [-0.05, 0) is 6.42 Å². The second-order valence-electron chi connectivity index (χ2n) is 1.61. The molecule has 0 saturated carbocycles. The second-order valence-corrected chi connectivity index (χ2v) is 1.61. The van der Waals surface area contributed by atoms with Crippen LogP contribution in [0.2, 0.25) is 0 Å². The van der Waals surface area contributed by atoms with Crippen molar-refractivity contribution < 1.29 is 14.7 Å². The Morgan fingerprint density at radius 2 is 2.44 bits per heavy atom. The van der Waals surface area contributed by atoms with Crippen LogP contribution in [0.5, 0.6) is 0 Å².